The van der Waals surface area contributed by atoms with Gasteiger partial charge < -0.3 is 5.32 Å². The predicted octanol–water partition coefficient (Wildman–Crippen LogP) is 5.39. The molecule has 0 bridgehead atoms. The van der Waals surface area contributed by atoms with Crippen LogP contribution < -0.4 is 5.32 Å². The monoisotopic (exact) mass is 411 g/mol. The van der Waals surface area contributed by atoms with Crippen molar-refractivity contribution in [2.75, 3.05) is 0 Å². The molecule has 4 heteroatoms. The van der Waals surface area contributed by atoms with E-state index in [9.17, 15) is 4.39 Å². The average Bonchev–Trinajstić information content (AvgIpc) is 2.42. The third-order valence-corrected chi connectivity index (χ3v) is 5.29. The Morgan fingerprint density at radius 3 is 2.62 bits per heavy atom. The Balaban J connectivity index is 1.54. The first-order chi connectivity index (χ1) is 10.1. The van der Waals surface area contributed by atoms with E-state index in [4.69, 9.17) is 0 Å². The first kappa shape index (κ1) is 15.2. The summed E-state index contributed by atoms with van der Waals surface area (Å²) in [6.07, 6.45) is 2.22. The summed E-state index contributed by atoms with van der Waals surface area (Å²) in [5.74, 6) is 0.456. The number of halogens is 3. The first-order valence-corrected chi connectivity index (χ1v) is 8.64. The van der Waals surface area contributed by atoms with E-state index < -0.39 is 0 Å². The fourth-order valence-corrected chi connectivity index (χ4v) is 3.79. The van der Waals surface area contributed by atoms with Crippen LogP contribution in [-0.4, -0.2) is 6.04 Å². The normalized spacial score (nSPS) is 21.1. The van der Waals surface area contributed by atoms with Gasteiger partial charge in [0.15, 0.2) is 0 Å². The highest BCUT2D eigenvalue weighted by Gasteiger charge is 2.30. The molecule has 2 aromatic rings. The SMILES string of the molecule is Fc1ccc(Br)cc1CNC1CC(c2ccccc2Br)C1. The van der Waals surface area contributed by atoms with Crippen molar-refractivity contribution in [3.63, 3.8) is 0 Å². The zero-order valence-electron chi connectivity index (χ0n) is 11.5. The van der Waals surface area contributed by atoms with Gasteiger partial charge in [-0.3, -0.25) is 0 Å². The lowest BCUT2D eigenvalue weighted by Gasteiger charge is -2.37. The Morgan fingerprint density at radius 2 is 1.86 bits per heavy atom. The van der Waals surface area contributed by atoms with Gasteiger partial charge in [0.05, 0.1) is 0 Å². The van der Waals surface area contributed by atoms with Crippen LogP contribution in [0.25, 0.3) is 0 Å². The minimum Gasteiger partial charge on any atom is -0.310 e. The van der Waals surface area contributed by atoms with Crippen LogP contribution in [0.15, 0.2) is 51.4 Å². The Morgan fingerprint density at radius 1 is 1.10 bits per heavy atom. The van der Waals surface area contributed by atoms with Crippen LogP contribution in [0.5, 0.6) is 0 Å². The summed E-state index contributed by atoms with van der Waals surface area (Å²) in [6, 6.07) is 13.9. The second kappa shape index (κ2) is 6.59. The van der Waals surface area contributed by atoms with Crippen LogP contribution in [0.4, 0.5) is 4.39 Å². The second-order valence-electron chi connectivity index (χ2n) is 5.50. The molecule has 1 aliphatic rings. The van der Waals surface area contributed by atoms with E-state index in [1.165, 1.54) is 16.1 Å². The van der Waals surface area contributed by atoms with E-state index >= 15 is 0 Å². The zero-order chi connectivity index (χ0) is 14.8. The van der Waals surface area contributed by atoms with Gasteiger partial charge in [0.1, 0.15) is 5.82 Å². The third kappa shape index (κ3) is 3.55. The molecule has 21 heavy (non-hydrogen) atoms. The molecule has 0 amide bonds. The summed E-state index contributed by atoms with van der Waals surface area (Å²) in [7, 11) is 0. The van der Waals surface area contributed by atoms with E-state index in [2.05, 4.69) is 55.4 Å². The summed E-state index contributed by atoms with van der Waals surface area (Å²) in [4.78, 5) is 0. The van der Waals surface area contributed by atoms with Gasteiger partial charge in [0.25, 0.3) is 0 Å². The van der Waals surface area contributed by atoms with Crippen molar-refractivity contribution in [2.45, 2.75) is 31.3 Å². The molecule has 0 unspecified atom stereocenters. The number of hydrogen-bond acceptors (Lipinski definition) is 1. The highest BCUT2D eigenvalue weighted by atomic mass is 79.9. The maximum Gasteiger partial charge on any atom is 0.127 e. The Bertz CT molecular complexity index is 638. The van der Waals surface area contributed by atoms with Crippen LogP contribution in [0, 0.1) is 5.82 Å². The van der Waals surface area contributed by atoms with E-state index in [1.807, 2.05) is 12.1 Å². The molecule has 110 valence electrons. The largest absolute Gasteiger partial charge is 0.310 e. The van der Waals surface area contributed by atoms with Crippen molar-refractivity contribution >= 4 is 31.9 Å². The molecular formula is C17H16Br2FN. The average molecular weight is 413 g/mol. The molecule has 1 saturated carbocycles. The molecule has 0 radical (unpaired) electrons. The maximum atomic E-state index is 13.7. The lowest BCUT2D eigenvalue weighted by atomic mass is 9.76. The Hall–Kier alpha value is -0.710. The van der Waals surface area contributed by atoms with Crippen molar-refractivity contribution < 1.29 is 4.39 Å². The summed E-state index contributed by atoms with van der Waals surface area (Å²) in [6.45, 7) is 0.582. The molecule has 0 heterocycles. The van der Waals surface area contributed by atoms with Crippen LogP contribution >= 0.6 is 31.9 Å². The molecule has 1 aliphatic carbocycles. The summed E-state index contributed by atoms with van der Waals surface area (Å²) in [5.41, 5.74) is 2.10. The maximum absolute atomic E-state index is 13.7. The Labute approximate surface area is 141 Å². The second-order valence-corrected chi connectivity index (χ2v) is 7.27. The first-order valence-electron chi connectivity index (χ1n) is 7.05. The van der Waals surface area contributed by atoms with Gasteiger partial charge in [-0.15, -0.1) is 0 Å². The number of rotatable bonds is 4. The lowest BCUT2D eigenvalue weighted by Crippen LogP contribution is -2.39. The van der Waals surface area contributed by atoms with Gasteiger partial charge >= 0.3 is 0 Å². The fraction of sp³-hybridized carbons (Fsp3) is 0.294. The van der Waals surface area contributed by atoms with Crippen molar-refractivity contribution in [2.24, 2.45) is 0 Å². The van der Waals surface area contributed by atoms with Gasteiger partial charge in [-0.25, -0.2) is 4.39 Å². The smallest absolute Gasteiger partial charge is 0.127 e. The molecule has 0 spiro atoms. The molecular weight excluding hydrogens is 397 g/mol. The van der Waals surface area contributed by atoms with E-state index in [0.717, 1.165) is 17.3 Å². The summed E-state index contributed by atoms with van der Waals surface area (Å²) in [5, 5.41) is 3.45. The van der Waals surface area contributed by atoms with Crippen molar-refractivity contribution in [1.29, 1.82) is 0 Å². The van der Waals surface area contributed by atoms with Crippen molar-refractivity contribution in [3.8, 4) is 0 Å². The number of benzene rings is 2. The standard InChI is InChI=1S/C17H16Br2FN/c18-13-5-6-17(20)12(7-13)10-21-14-8-11(9-14)15-3-1-2-4-16(15)19/h1-7,11,14,21H,8-10H2. The Kier molecular flexibility index (Phi) is 4.77. The zero-order valence-corrected chi connectivity index (χ0v) is 14.6. The van der Waals surface area contributed by atoms with E-state index in [0.29, 0.717) is 24.1 Å². The van der Waals surface area contributed by atoms with Crippen LogP contribution in [0.2, 0.25) is 0 Å². The lowest BCUT2D eigenvalue weighted by molar-refractivity contribution is 0.287. The molecule has 0 saturated heterocycles. The fourth-order valence-electron chi connectivity index (χ4n) is 2.78. The predicted molar refractivity (Wildman–Crippen MR) is 90.8 cm³/mol. The molecule has 0 atom stereocenters. The van der Waals surface area contributed by atoms with Crippen LogP contribution in [0.1, 0.15) is 29.9 Å². The van der Waals surface area contributed by atoms with Gasteiger partial charge in [-0.1, -0.05) is 50.1 Å². The third-order valence-electron chi connectivity index (χ3n) is 4.07. The van der Waals surface area contributed by atoms with Crippen LogP contribution in [-0.2, 0) is 6.54 Å². The van der Waals surface area contributed by atoms with Gasteiger partial charge in [-0.2, -0.15) is 0 Å². The number of hydrogen-bond donors (Lipinski definition) is 1. The highest BCUT2D eigenvalue weighted by molar-refractivity contribution is 9.10. The van der Waals surface area contributed by atoms with Gasteiger partial charge in [-0.05, 0) is 48.6 Å². The molecule has 1 fully saturated rings. The van der Waals surface area contributed by atoms with E-state index in [1.54, 1.807) is 6.07 Å². The topological polar surface area (TPSA) is 12.0 Å². The molecule has 0 aromatic heterocycles. The minimum absolute atomic E-state index is 0.146. The van der Waals surface area contributed by atoms with Crippen LogP contribution in [0.3, 0.4) is 0 Å². The minimum atomic E-state index is -0.146. The molecule has 3 rings (SSSR count). The van der Waals surface area contributed by atoms with Crippen molar-refractivity contribution in [1.82, 2.24) is 5.32 Å². The quantitative estimate of drug-likeness (QED) is 0.710. The van der Waals surface area contributed by atoms with Crippen molar-refractivity contribution in [3.05, 3.63) is 68.4 Å². The molecule has 2 aromatic carbocycles. The summed E-state index contributed by atoms with van der Waals surface area (Å²) < 4.78 is 15.8. The summed E-state index contributed by atoms with van der Waals surface area (Å²) >= 11 is 6.99. The highest BCUT2D eigenvalue weighted by Crippen LogP contribution is 2.40. The van der Waals surface area contributed by atoms with Gasteiger partial charge in [0, 0.05) is 27.1 Å². The molecule has 1 nitrogen and oxygen atoms in total. The molecule has 0 aliphatic heterocycles. The van der Waals surface area contributed by atoms with Gasteiger partial charge in [0.2, 0.25) is 0 Å². The number of nitrogens with one attached hydrogen (secondary N) is 1. The van der Waals surface area contributed by atoms with E-state index in [-0.39, 0.29) is 5.82 Å². The molecule has 1 N–H and O–H groups in total.